The second kappa shape index (κ2) is 4.16. The molecule has 96 valence electrons. The Balaban J connectivity index is 2.26. The van der Waals surface area contributed by atoms with Crippen LogP contribution < -0.4 is 0 Å². The Morgan fingerprint density at radius 3 is 2.63 bits per heavy atom. The SMILES string of the molecule is Cc1cc(C)c2nc(-c3cc(F)ccc3F)[nH]c2c1. The molecule has 1 aromatic heterocycles. The Labute approximate surface area is 109 Å². The highest BCUT2D eigenvalue weighted by Crippen LogP contribution is 2.26. The van der Waals surface area contributed by atoms with Crippen LogP contribution in [0.4, 0.5) is 8.78 Å². The highest BCUT2D eigenvalue weighted by molar-refractivity contribution is 5.83. The molecular weight excluding hydrogens is 246 g/mol. The summed E-state index contributed by atoms with van der Waals surface area (Å²) < 4.78 is 27.0. The Kier molecular flexibility index (Phi) is 2.59. The van der Waals surface area contributed by atoms with Gasteiger partial charge in [0.25, 0.3) is 0 Å². The number of nitrogens with zero attached hydrogens (tertiary/aromatic N) is 1. The molecule has 0 bridgehead atoms. The first kappa shape index (κ1) is 11.8. The van der Waals surface area contributed by atoms with Crippen LogP contribution in [0.3, 0.4) is 0 Å². The third-order valence-corrected chi connectivity index (χ3v) is 3.11. The van der Waals surface area contributed by atoms with Gasteiger partial charge in [-0.15, -0.1) is 0 Å². The quantitative estimate of drug-likeness (QED) is 0.698. The summed E-state index contributed by atoms with van der Waals surface area (Å²) in [7, 11) is 0. The summed E-state index contributed by atoms with van der Waals surface area (Å²) in [6, 6.07) is 7.30. The van der Waals surface area contributed by atoms with Crippen molar-refractivity contribution in [3.8, 4) is 11.4 Å². The summed E-state index contributed by atoms with van der Waals surface area (Å²) in [5.74, 6) is -0.625. The number of halogens is 2. The van der Waals surface area contributed by atoms with Gasteiger partial charge in [0, 0.05) is 0 Å². The van der Waals surface area contributed by atoms with Crippen molar-refractivity contribution in [2.45, 2.75) is 13.8 Å². The molecule has 0 fully saturated rings. The predicted octanol–water partition coefficient (Wildman–Crippen LogP) is 4.12. The van der Waals surface area contributed by atoms with E-state index in [1.807, 2.05) is 26.0 Å². The number of H-pyrrole nitrogens is 1. The summed E-state index contributed by atoms with van der Waals surface area (Å²) in [5.41, 5.74) is 3.86. The van der Waals surface area contributed by atoms with E-state index in [-0.39, 0.29) is 5.56 Å². The minimum Gasteiger partial charge on any atom is -0.338 e. The number of benzene rings is 2. The van der Waals surface area contributed by atoms with E-state index in [0.29, 0.717) is 5.82 Å². The average Bonchev–Trinajstić information content (AvgIpc) is 2.76. The van der Waals surface area contributed by atoms with Crippen LogP contribution in [0, 0.1) is 25.5 Å². The molecule has 3 aromatic rings. The van der Waals surface area contributed by atoms with E-state index in [9.17, 15) is 8.78 Å². The van der Waals surface area contributed by atoms with Gasteiger partial charge in [0.05, 0.1) is 16.6 Å². The molecule has 3 rings (SSSR count). The van der Waals surface area contributed by atoms with Crippen molar-refractivity contribution in [1.29, 1.82) is 0 Å². The van der Waals surface area contributed by atoms with Crippen molar-refractivity contribution in [3.63, 3.8) is 0 Å². The van der Waals surface area contributed by atoms with Gasteiger partial charge in [-0.3, -0.25) is 0 Å². The van der Waals surface area contributed by atoms with Gasteiger partial charge in [0.15, 0.2) is 0 Å². The molecule has 1 heterocycles. The molecule has 0 unspecified atom stereocenters. The number of fused-ring (bicyclic) bond motifs is 1. The fraction of sp³-hybridized carbons (Fsp3) is 0.133. The largest absolute Gasteiger partial charge is 0.338 e. The van der Waals surface area contributed by atoms with Crippen molar-refractivity contribution >= 4 is 11.0 Å². The molecule has 19 heavy (non-hydrogen) atoms. The molecule has 2 nitrogen and oxygen atoms in total. The third-order valence-electron chi connectivity index (χ3n) is 3.11. The van der Waals surface area contributed by atoms with Crippen molar-refractivity contribution in [3.05, 3.63) is 53.1 Å². The molecule has 0 spiro atoms. The average molecular weight is 258 g/mol. The van der Waals surface area contributed by atoms with Crippen LogP contribution in [0.2, 0.25) is 0 Å². The molecule has 0 aliphatic rings. The zero-order chi connectivity index (χ0) is 13.6. The van der Waals surface area contributed by atoms with E-state index in [0.717, 1.165) is 40.4 Å². The summed E-state index contributed by atoms with van der Waals surface area (Å²) in [6.45, 7) is 3.93. The lowest BCUT2D eigenvalue weighted by Gasteiger charge is -1.98. The van der Waals surface area contributed by atoms with E-state index in [2.05, 4.69) is 9.97 Å². The molecule has 0 aliphatic heterocycles. The number of imidazole rings is 1. The van der Waals surface area contributed by atoms with E-state index in [4.69, 9.17) is 0 Å². The normalized spacial score (nSPS) is 11.2. The van der Waals surface area contributed by atoms with Gasteiger partial charge in [0.2, 0.25) is 0 Å². The first-order valence-electron chi connectivity index (χ1n) is 5.97. The van der Waals surface area contributed by atoms with Gasteiger partial charge < -0.3 is 4.98 Å². The minimum atomic E-state index is -0.491. The van der Waals surface area contributed by atoms with Crippen molar-refractivity contribution in [1.82, 2.24) is 9.97 Å². The fourth-order valence-electron chi connectivity index (χ4n) is 2.28. The highest BCUT2D eigenvalue weighted by atomic mass is 19.1. The highest BCUT2D eigenvalue weighted by Gasteiger charge is 2.12. The maximum atomic E-state index is 13.7. The van der Waals surface area contributed by atoms with Crippen LogP contribution in [0.1, 0.15) is 11.1 Å². The number of aryl methyl sites for hydroxylation is 2. The Morgan fingerprint density at radius 2 is 1.84 bits per heavy atom. The van der Waals surface area contributed by atoms with Crippen molar-refractivity contribution < 1.29 is 8.78 Å². The smallest absolute Gasteiger partial charge is 0.141 e. The number of nitrogens with one attached hydrogen (secondary N) is 1. The van der Waals surface area contributed by atoms with E-state index in [1.54, 1.807) is 0 Å². The van der Waals surface area contributed by atoms with E-state index < -0.39 is 11.6 Å². The van der Waals surface area contributed by atoms with Gasteiger partial charge in [-0.05, 0) is 49.2 Å². The second-order valence-electron chi connectivity index (χ2n) is 4.69. The maximum Gasteiger partial charge on any atom is 0.141 e. The summed E-state index contributed by atoms with van der Waals surface area (Å²) >= 11 is 0. The molecule has 0 saturated carbocycles. The molecule has 0 aliphatic carbocycles. The number of aromatic amines is 1. The minimum absolute atomic E-state index is 0.147. The zero-order valence-corrected chi connectivity index (χ0v) is 10.6. The first-order valence-corrected chi connectivity index (χ1v) is 5.97. The van der Waals surface area contributed by atoms with Crippen molar-refractivity contribution in [2.75, 3.05) is 0 Å². The Hall–Kier alpha value is -2.23. The van der Waals surface area contributed by atoms with Crippen LogP contribution in [0.15, 0.2) is 30.3 Å². The van der Waals surface area contributed by atoms with Gasteiger partial charge in [-0.2, -0.15) is 0 Å². The number of hydrogen-bond donors (Lipinski definition) is 1. The van der Waals surface area contributed by atoms with Crippen LogP contribution in [0.25, 0.3) is 22.4 Å². The Bertz CT molecular complexity index is 775. The second-order valence-corrected chi connectivity index (χ2v) is 4.69. The Morgan fingerprint density at radius 1 is 1.05 bits per heavy atom. The molecule has 1 N–H and O–H groups in total. The lowest BCUT2D eigenvalue weighted by atomic mass is 10.1. The van der Waals surface area contributed by atoms with Crippen LogP contribution in [-0.4, -0.2) is 9.97 Å². The molecular formula is C15H12F2N2. The molecule has 0 atom stereocenters. The lowest BCUT2D eigenvalue weighted by Crippen LogP contribution is -1.88. The molecule has 2 aromatic carbocycles. The summed E-state index contributed by atoms with van der Waals surface area (Å²) in [6.07, 6.45) is 0. The summed E-state index contributed by atoms with van der Waals surface area (Å²) in [5, 5.41) is 0. The van der Waals surface area contributed by atoms with Gasteiger partial charge in [-0.25, -0.2) is 13.8 Å². The van der Waals surface area contributed by atoms with Gasteiger partial charge >= 0.3 is 0 Å². The van der Waals surface area contributed by atoms with E-state index in [1.165, 1.54) is 0 Å². The monoisotopic (exact) mass is 258 g/mol. The van der Waals surface area contributed by atoms with Crippen molar-refractivity contribution in [2.24, 2.45) is 0 Å². The van der Waals surface area contributed by atoms with Crippen LogP contribution in [0.5, 0.6) is 0 Å². The topological polar surface area (TPSA) is 28.7 Å². The fourth-order valence-corrected chi connectivity index (χ4v) is 2.28. The first-order chi connectivity index (χ1) is 9.04. The van der Waals surface area contributed by atoms with Gasteiger partial charge in [0.1, 0.15) is 17.5 Å². The molecule has 4 heteroatoms. The summed E-state index contributed by atoms with van der Waals surface area (Å²) in [4.78, 5) is 7.41. The predicted molar refractivity (Wildman–Crippen MR) is 70.9 cm³/mol. The van der Waals surface area contributed by atoms with Crippen LogP contribution in [-0.2, 0) is 0 Å². The zero-order valence-electron chi connectivity index (χ0n) is 10.6. The number of aromatic nitrogens is 2. The standard InChI is InChI=1S/C15H12F2N2/c1-8-5-9(2)14-13(6-8)18-15(19-14)11-7-10(16)3-4-12(11)17/h3-7H,1-2H3,(H,18,19). The maximum absolute atomic E-state index is 13.7. The number of hydrogen-bond acceptors (Lipinski definition) is 1. The third kappa shape index (κ3) is 1.99. The van der Waals surface area contributed by atoms with Gasteiger partial charge in [-0.1, -0.05) is 6.07 Å². The van der Waals surface area contributed by atoms with E-state index >= 15 is 0 Å². The lowest BCUT2D eigenvalue weighted by molar-refractivity contribution is 0.602. The number of rotatable bonds is 1. The molecule has 0 saturated heterocycles. The molecule has 0 radical (unpaired) electrons. The molecule has 0 amide bonds. The van der Waals surface area contributed by atoms with Crippen LogP contribution >= 0.6 is 0 Å².